The van der Waals surface area contributed by atoms with Gasteiger partial charge in [0.05, 0.1) is 4.47 Å². The summed E-state index contributed by atoms with van der Waals surface area (Å²) in [5, 5.41) is 3.79. The first-order chi connectivity index (χ1) is 12.7. The van der Waals surface area contributed by atoms with E-state index in [1.807, 2.05) is 24.1 Å². The van der Waals surface area contributed by atoms with Gasteiger partial charge in [0, 0.05) is 37.9 Å². The minimum Gasteiger partial charge on any atom is -0.368 e. The number of halogens is 2. The summed E-state index contributed by atoms with van der Waals surface area (Å²) in [4.78, 5) is 13.4. The third-order valence-corrected chi connectivity index (χ3v) is 5.76. The molecule has 0 saturated heterocycles. The van der Waals surface area contributed by atoms with Crippen LogP contribution in [0.4, 0.5) is 17.5 Å². The molecule has 0 amide bonds. The highest BCUT2D eigenvalue weighted by Crippen LogP contribution is 2.31. The molecule has 2 rings (SSSR count). The second-order valence-corrected chi connectivity index (χ2v) is 8.37. The molecule has 0 saturated carbocycles. The van der Waals surface area contributed by atoms with E-state index < -0.39 is 0 Å². The fourth-order valence-corrected chi connectivity index (χ4v) is 3.46. The Morgan fingerprint density at radius 2 is 1.67 bits per heavy atom. The molecule has 1 aromatic carbocycles. The average Bonchev–Trinajstić information content (AvgIpc) is 2.61. The quantitative estimate of drug-likeness (QED) is 0.534. The van der Waals surface area contributed by atoms with Gasteiger partial charge in [-0.3, -0.25) is 4.90 Å². The van der Waals surface area contributed by atoms with E-state index in [0.717, 1.165) is 18.8 Å². The smallest absolute Gasteiger partial charge is 0.233 e. The molecular weight excluding hydrogens is 426 g/mol. The fourth-order valence-electron chi connectivity index (χ4n) is 2.98. The molecule has 0 aliphatic carbocycles. The molecule has 1 aromatic heterocycles. The molecule has 0 bridgehead atoms. The van der Waals surface area contributed by atoms with Gasteiger partial charge in [0.15, 0.2) is 5.15 Å². The SMILES string of the molecule is Cc1ccc(N(C)c2nc(Cl)c(Br)c(NCCN(C(C)C)C(C)C)n2)cc1. The van der Waals surface area contributed by atoms with E-state index in [1.54, 1.807) is 0 Å². The van der Waals surface area contributed by atoms with Gasteiger partial charge >= 0.3 is 0 Å². The van der Waals surface area contributed by atoms with Crippen LogP contribution in [0.5, 0.6) is 0 Å². The van der Waals surface area contributed by atoms with E-state index in [-0.39, 0.29) is 0 Å². The van der Waals surface area contributed by atoms with E-state index in [9.17, 15) is 0 Å². The molecule has 1 heterocycles. The zero-order chi connectivity index (χ0) is 20.1. The van der Waals surface area contributed by atoms with E-state index in [1.165, 1.54) is 5.56 Å². The lowest BCUT2D eigenvalue weighted by molar-refractivity contribution is 0.182. The zero-order valence-corrected chi connectivity index (χ0v) is 19.3. The number of aryl methyl sites for hydroxylation is 1. The standard InChI is InChI=1S/C20H29BrClN5/c1-13(2)27(14(3)4)12-11-23-19-17(21)18(22)24-20(25-19)26(6)16-9-7-15(5)8-10-16/h7-10,13-14H,11-12H2,1-6H3,(H,23,24,25). The van der Waals surface area contributed by atoms with Crippen molar-refractivity contribution in [3.63, 3.8) is 0 Å². The first-order valence-corrected chi connectivity index (χ1v) is 10.4. The Morgan fingerprint density at radius 3 is 2.22 bits per heavy atom. The highest BCUT2D eigenvalue weighted by molar-refractivity contribution is 9.10. The van der Waals surface area contributed by atoms with Crippen molar-refractivity contribution in [1.29, 1.82) is 0 Å². The lowest BCUT2D eigenvalue weighted by Gasteiger charge is -2.30. The molecule has 0 spiro atoms. The molecule has 5 nitrogen and oxygen atoms in total. The molecule has 0 aliphatic rings. The summed E-state index contributed by atoms with van der Waals surface area (Å²) in [6, 6.07) is 9.21. The molecule has 7 heteroatoms. The Balaban J connectivity index is 2.16. The summed E-state index contributed by atoms with van der Waals surface area (Å²) in [6.07, 6.45) is 0. The maximum atomic E-state index is 6.34. The Labute approximate surface area is 176 Å². The normalized spacial score (nSPS) is 11.5. The van der Waals surface area contributed by atoms with Crippen molar-refractivity contribution in [2.45, 2.75) is 46.7 Å². The van der Waals surface area contributed by atoms with Crippen LogP contribution in [-0.2, 0) is 0 Å². The Hall–Kier alpha value is -1.37. The third kappa shape index (κ3) is 5.80. The summed E-state index contributed by atoms with van der Waals surface area (Å²) >= 11 is 9.85. The van der Waals surface area contributed by atoms with E-state index >= 15 is 0 Å². The summed E-state index contributed by atoms with van der Waals surface area (Å²) in [5.41, 5.74) is 2.22. The van der Waals surface area contributed by atoms with E-state index in [2.05, 4.69) is 82.9 Å². The minimum absolute atomic E-state index is 0.394. The second kappa shape index (κ2) is 9.71. The van der Waals surface area contributed by atoms with Gasteiger partial charge in [-0.2, -0.15) is 9.97 Å². The van der Waals surface area contributed by atoms with Crippen LogP contribution in [0.2, 0.25) is 5.15 Å². The van der Waals surface area contributed by atoms with Gasteiger partial charge in [-0.15, -0.1) is 0 Å². The maximum absolute atomic E-state index is 6.34. The molecule has 0 unspecified atom stereocenters. The first-order valence-electron chi connectivity index (χ1n) is 9.23. The Bertz CT molecular complexity index is 741. The number of hydrogen-bond acceptors (Lipinski definition) is 5. The van der Waals surface area contributed by atoms with Crippen LogP contribution in [0.15, 0.2) is 28.7 Å². The van der Waals surface area contributed by atoms with Crippen LogP contribution in [0.1, 0.15) is 33.3 Å². The average molecular weight is 455 g/mol. The minimum atomic E-state index is 0.394. The van der Waals surface area contributed by atoms with E-state index in [4.69, 9.17) is 11.6 Å². The molecule has 2 aromatic rings. The van der Waals surface area contributed by atoms with Crippen molar-refractivity contribution in [1.82, 2.24) is 14.9 Å². The van der Waals surface area contributed by atoms with Crippen LogP contribution in [0.3, 0.4) is 0 Å². The molecule has 148 valence electrons. The molecule has 0 fully saturated rings. The van der Waals surface area contributed by atoms with Crippen molar-refractivity contribution < 1.29 is 0 Å². The van der Waals surface area contributed by atoms with Crippen molar-refractivity contribution >= 4 is 45.0 Å². The van der Waals surface area contributed by atoms with Crippen molar-refractivity contribution in [3.05, 3.63) is 39.5 Å². The number of rotatable bonds is 8. The number of nitrogens with zero attached hydrogens (tertiary/aromatic N) is 4. The number of anilines is 3. The van der Waals surface area contributed by atoms with Crippen molar-refractivity contribution in [2.24, 2.45) is 0 Å². The predicted octanol–water partition coefficient (Wildman–Crippen LogP) is 5.50. The molecule has 0 aliphatic heterocycles. The van der Waals surface area contributed by atoms with Gasteiger partial charge in [0.25, 0.3) is 0 Å². The predicted molar refractivity (Wildman–Crippen MR) is 119 cm³/mol. The largest absolute Gasteiger partial charge is 0.368 e. The van der Waals surface area contributed by atoms with Gasteiger partial charge in [-0.05, 0) is 62.7 Å². The fraction of sp³-hybridized carbons (Fsp3) is 0.500. The van der Waals surface area contributed by atoms with Crippen LogP contribution >= 0.6 is 27.5 Å². The van der Waals surface area contributed by atoms with E-state index in [0.29, 0.717) is 33.5 Å². The lowest BCUT2D eigenvalue weighted by atomic mass is 10.2. The molecule has 1 N–H and O–H groups in total. The van der Waals surface area contributed by atoms with Crippen LogP contribution in [0, 0.1) is 6.92 Å². The second-order valence-electron chi connectivity index (χ2n) is 7.22. The Kier molecular flexibility index (Phi) is 7.89. The lowest BCUT2D eigenvalue weighted by Crippen LogP contribution is -2.40. The number of benzene rings is 1. The monoisotopic (exact) mass is 453 g/mol. The molecule has 27 heavy (non-hydrogen) atoms. The van der Waals surface area contributed by atoms with Gasteiger partial charge in [-0.1, -0.05) is 29.3 Å². The highest BCUT2D eigenvalue weighted by atomic mass is 79.9. The Morgan fingerprint density at radius 1 is 1.07 bits per heavy atom. The summed E-state index contributed by atoms with van der Waals surface area (Å²) in [5.74, 6) is 1.26. The van der Waals surface area contributed by atoms with Gasteiger partial charge < -0.3 is 10.2 Å². The zero-order valence-electron chi connectivity index (χ0n) is 16.9. The third-order valence-electron chi connectivity index (χ3n) is 4.51. The van der Waals surface area contributed by atoms with Crippen LogP contribution in [-0.4, -0.2) is 47.1 Å². The number of nitrogens with one attached hydrogen (secondary N) is 1. The molecular formula is C20H29BrClN5. The highest BCUT2D eigenvalue weighted by Gasteiger charge is 2.16. The molecule has 0 atom stereocenters. The van der Waals surface area contributed by atoms with Gasteiger partial charge in [0.2, 0.25) is 5.95 Å². The molecule has 0 radical (unpaired) electrons. The van der Waals surface area contributed by atoms with Crippen molar-refractivity contribution in [3.8, 4) is 0 Å². The number of aromatic nitrogens is 2. The van der Waals surface area contributed by atoms with Gasteiger partial charge in [0.1, 0.15) is 5.82 Å². The van der Waals surface area contributed by atoms with Crippen molar-refractivity contribution in [2.75, 3.05) is 30.4 Å². The maximum Gasteiger partial charge on any atom is 0.233 e. The summed E-state index contributed by atoms with van der Waals surface area (Å²) < 4.78 is 0.686. The van der Waals surface area contributed by atoms with Gasteiger partial charge in [-0.25, -0.2) is 0 Å². The van der Waals surface area contributed by atoms with Crippen LogP contribution < -0.4 is 10.2 Å². The topological polar surface area (TPSA) is 44.3 Å². The summed E-state index contributed by atoms with van der Waals surface area (Å²) in [6.45, 7) is 12.6. The number of hydrogen-bond donors (Lipinski definition) is 1. The summed E-state index contributed by atoms with van der Waals surface area (Å²) in [7, 11) is 1.94. The first kappa shape index (κ1) is 21.9. The van der Waals surface area contributed by atoms with Crippen LogP contribution in [0.25, 0.3) is 0 Å².